The van der Waals surface area contributed by atoms with E-state index in [1.807, 2.05) is 35.2 Å². The highest BCUT2D eigenvalue weighted by Gasteiger charge is 2.38. The lowest BCUT2D eigenvalue weighted by Crippen LogP contribution is -2.56. The number of piperazine rings is 1. The van der Waals surface area contributed by atoms with Gasteiger partial charge in [0.25, 0.3) is 5.91 Å². The molecule has 2 aromatic carbocycles. The molecule has 3 N–H and O–H groups in total. The van der Waals surface area contributed by atoms with Gasteiger partial charge in [-0.05, 0) is 42.7 Å². The van der Waals surface area contributed by atoms with Crippen LogP contribution in [0.15, 0.2) is 54.6 Å². The van der Waals surface area contributed by atoms with Crippen LogP contribution < -0.4 is 11.1 Å². The summed E-state index contributed by atoms with van der Waals surface area (Å²) in [6, 6.07) is 13.7. The Labute approximate surface area is 199 Å². The first-order chi connectivity index (χ1) is 16.4. The minimum absolute atomic E-state index is 0.0294. The Morgan fingerprint density at radius 3 is 2.21 bits per heavy atom. The van der Waals surface area contributed by atoms with Crippen molar-refractivity contribution in [1.29, 1.82) is 0 Å². The Kier molecular flexibility index (Phi) is 7.57. The second kappa shape index (κ2) is 10.8. The van der Waals surface area contributed by atoms with Gasteiger partial charge in [-0.25, -0.2) is 4.39 Å². The molecule has 2 fully saturated rings. The number of nitrogens with two attached hydrogens (primary N) is 1. The van der Waals surface area contributed by atoms with Crippen molar-refractivity contribution in [2.75, 3.05) is 26.2 Å². The fraction of sp³-hybridized carbons (Fsp3) is 0.423. The van der Waals surface area contributed by atoms with Crippen molar-refractivity contribution in [3.8, 4) is 0 Å². The monoisotopic (exact) mass is 466 g/mol. The SMILES string of the molecule is NC(=O)[C@@H](NC(=O)[C@H]1CCCC[C@@H]1N1CCN(C(=O)c2ccccc2)CC1)c1ccc(F)cc1. The number of benzene rings is 2. The van der Waals surface area contributed by atoms with Gasteiger partial charge in [0.15, 0.2) is 0 Å². The number of hydrogen-bond donors (Lipinski definition) is 2. The number of primary amides is 1. The zero-order valence-electron chi connectivity index (χ0n) is 19.2. The molecular formula is C26H31FN4O3. The molecule has 4 rings (SSSR count). The number of amides is 3. The molecule has 34 heavy (non-hydrogen) atoms. The van der Waals surface area contributed by atoms with Crippen LogP contribution in [0.1, 0.15) is 47.6 Å². The third kappa shape index (κ3) is 5.44. The van der Waals surface area contributed by atoms with Crippen LogP contribution in [0.25, 0.3) is 0 Å². The first-order valence-corrected chi connectivity index (χ1v) is 11.9. The van der Waals surface area contributed by atoms with Gasteiger partial charge in [0.1, 0.15) is 11.9 Å². The van der Waals surface area contributed by atoms with Crippen LogP contribution in [0.4, 0.5) is 4.39 Å². The van der Waals surface area contributed by atoms with E-state index in [-0.39, 0.29) is 23.8 Å². The minimum atomic E-state index is -1.00. The Hall–Kier alpha value is -3.26. The summed E-state index contributed by atoms with van der Waals surface area (Å²) < 4.78 is 13.3. The first-order valence-electron chi connectivity index (χ1n) is 11.9. The van der Waals surface area contributed by atoms with E-state index in [9.17, 15) is 18.8 Å². The molecule has 0 aromatic heterocycles. The summed E-state index contributed by atoms with van der Waals surface area (Å²) in [5.74, 6) is -1.55. The first kappa shape index (κ1) is 23.9. The molecule has 0 unspecified atom stereocenters. The van der Waals surface area contributed by atoms with Gasteiger partial charge in [-0.15, -0.1) is 0 Å². The van der Waals surface area contributed by atoms with Crippen LogP contribution in [-0.4, -0.2) is 59.7 Å². The number of nitrogens with zero attached hydrogens (tertiary/aromatic N) is 2. The fourth-order valence-corrected chi connectivity index (χ4v) is 5.10. The van der Waals surface area contributed by atoms with Gasteiger partial charge in [0, 0.05) is 37.8 Å². The van der Waals surface area contributed by atoms with Crippen LogP contribution in [0.2, 0.25) is 0 Å². The molecule has 1 heterocycles. The van der Waals surface area contributed by atoms with Gasteiger partial charge < -0.3 is 16.0 Å². The number of carbonyl (C=O) groups is 3. The molecule has 3 amide bonds. The van der Waals surface area contributed by atoms with Crippen molar-refractivity contribution in [2.45, 2.75) is 37.8 Å². The van der Waals surface area contributed by atoms with E-state index in [2.05, 4.69) is 10.2 Å². The third-order valence-corrected chi connectivity index (χ3v) is 6.93. The standard InChI is InChI=1S/C26H31FN4O3/c27-20-12-10-18(11-13-20)23(24(28)32)29-25(33)21-8-4-5-9-22(21)30-14-16-31(17-15-30)26(34)19-6-2-1-3-7-19/h1-3,6-7,10-13,21-23H,4-5,8-9,14-17H2,(H2,28,32)(H,29,33)/t21-,22-,23-/m0/s1. The average Bonchev–Trinajstić information content (AvgIpc) is 2.88. The highest BCUT2D eigenvalue weighted by Crippen LogP contribution is 2.30. The van der Waals surface area contributed by atoms with Crippen LogP contribution in [0.5, 0.6) is 0 Å². The lowest BCUT2D eigenvalue weighted by Gasteiger charge is -2.44. The lowest BCUT2D eigenvalue weighted by atomic mass is 9.82. The van der Waals surface area contributed by atoms with Gasteiger partial charge in [-0.3, -0.25) is 19.3 Å². The van der Waals surface area contributed by atoms with E-state index in [0.29, 0.717) is 37.3 Å². The number of rotatable bonds is 6. The van der Waals surface area contributed by atoms with Crippen LogP contribution >= 0.6 is 0 Å². The molecule has 1 aliphatic carbocycles. The fourth-order valence-electron chi connectivity index (χ4n) is 5.10. The lowest BCUT2D eigenvalue weighted by molar-refractivity contribution is -0.133. The van der Waals surface area contributed by atoms with E-state index < -0.39 is 17.8 Å². The van der Waals surface area contributed by atoms with Gasteiger partial charge in [-0.1, -0.05) is 43.2 Å². The smallest absolute Gasteiger partial charge is 0.253 e. The summed E-state index contributed by atoms with van der Waals surface area (Å²) in [7, 11) is 0. The van der Waals surface area contributed by atoms with Crippen molar-refractivity contribution >= 4 is 17.7 Å². The van der Waals surface area contributed by atoms with E-state index in [0.717, 1.165) is 25.7 Å². The van der Waals surface area contributed by atoms with Crippen molar-refractivity contribution < 1.29 is 18.8 Å². The largest absolute Gasteiger partial charge is 0.368 e. The van der Waals surface area contributed by atoms with Crippen molar-refractivity contribution in [2.24, 2.45) is 11.7 Å². The average molecular weight is 467 g/mol. The summed E-state index contributed by atoms with van der Waals surface area (Å²) in [5.41, 5.74) is 6.70. The number of carbonyl (C=O) groups excluding carboxylic acids is 3. The molecule has 1 aliphatic heterocycles. The van der Waals surface area contributed by atoms with E-state index in [1.54, 1.807) is 0 Å². The molecule has 7 nitrogen and oxygen atoms in total. The molecular weight excluding hydrogens is 435 g/mol. The predicted molar refractivity (Wildman–Crippen MR) is 126 cm³/mol. The van der Waals surface area contributed by atoms with Crippen molar-refractivity contribution in [1.82, 2.24) is 15.1 Å². The molecule has 1 saturated heterocycles. The molecule has 0 spiro atoms. The van der Waals surface area contributed by atoms with Crippen LogP contribution in [0.3, 0.4) is 0 Å². The van der Waals surface area contributed by atoms with E-state index >= 15 is 0 Å². The zero-order valence-corrected chi connectivity index (χ0v) is 19.2. The maximum absolute atomic E-state index is 13.3. The Balaban J connectivity index is 1.40. The topological polar surface area (TPSA) is 95.7 Å². The summed E-state index contributed by atoms with van der Waals surface area (Å²) in [4.78, 5) is 42.3. The van der Waals surface area contributed by atoms with Crippen molar-refractivity contribution in [3.05, 3.63) is 71.5 Å². The number of halogens is 1. The summed E-state index contributed by atoms with van der Waals surface area (Å²) >= 11 is 0. The number of hydrogen-bond acceptors (Lipinski definition) is 4. The van der Waals surface area contributed by atoms with Crippen LogP contribution in [-0.2, 0) is 9.59 Å². The molecule has 8 heteroatoms. The minimum Gasteiger partial charge on any atom is -0.368 e. The predicted octanol–water partition coefficient (Wildman–Crippen LogP) is 2.49. The van der Waals surface area contributed by atoms with E-state index in [4.69, 9.17) is 5.73 Å². The number of nitrogens with one attached hydrogen (secondary N) is 1. The third-order valence-electron chi connectivity index (χ3n) is 6.93. The second-order valence-corrected chi connectivity index (χ2v) is 9.05. The molecule has 2 aliphatic rings. The Morgan fingerprint density at radius 2 is 1.56 bits per heavy atom. The maximum Gasteiger partial charge on any atom is 0.253 e. The highest BCUT2D eigenvalue weighted by atomic mass is 19.1. The Morgan fingerprint density at radius 1 is 0.912 bits per heavy atom. The maximum atomic E-state index is 13.3. The van der Waals surface area contributed by atoms with Crippen LogP contribution in [0, 0.1) is 11.7 Å². The molecule has 180 valence electrons. The quantitative estimate of drug-likeness (QED) is 0.684. The summed E-state index contributed by atoms with van der Waals surface area (Å²) in [5, 5.41) is 2.81. The molecule has 1 saturated carbocycles. The van der Waals surface area contributed by atoms with Gasteiger partial charge in [0.2, 0.25) is 11.8 Å². The normalized spacial score (nSPS) is 22.1. The second-order valence-electron chi connectivity index (χ2n) is 9.05. The summed E-state index contributed by atoms with van der Waals surface area (Å²) in [6.07, 6.45) is 3.60. The molecule has 0 radical (unpaired) electrons. The highest BCUT2D eigenvalue weighted by molar-refractivity contribution is 5.94. The zero-order chi connectivity index (χ0) is 24.1. The van der Waals surface area contributed by atoms with Gasteiger partial charge >= 0.3 is 0 Å². The molecule has 3 atom stereocenters. The summed E-state index contributed by atoms with van der Waals surface area (Å²) in [6.45, 7) is 2.62. The Bertz CT molecular complexity index is 1010. The molecule has 2 aromatic rings. The van der Waals surface area contributed by atoms with Gasteiger partial charge in [0.05, 0.1) is 5.92 Å². The van der Waals surface area contributed by atoms with Gasteiger partial charge in [-0.2, -0.15) is 0 Å². The van der Waals surface area contributed by atoms with Crippen molar-refractivity contribution in [3.63, 3.8) is 0 Å². The van der Waals surface area contributed by atoms with E-state index in [1.165, 1.54) is 24.3 Å². The molecule has 0 bridgehead atoms.